The summed E-state index contributed by atoms with van der Waals surface area (Å²) in [5.74, 6) is -1.76. The Labute approximate surface area is 142 Å². The minimum atomic E-state index is -0.982. The van der Waals surface area contributed by atoms with Crippen LogP contribution in [0.3, 0.4) is 0 Å². The second-order valence-corrected chi connectivity index (χ2v) is 5.62. The predicted molar refractivity (Wildman–Crippen MR) is 87.8 cm³/mol. The van der Waals surface area contributed by atoms with Gasteiger partial charge >= 0.3 is 11.9 Å². The fourth-order valence-electron chi connectivity index (χ4n) is 1.87. The van der Waals surface area contributed by atoms with Crippen LogP contribution in [0, 0.1) is 13.8 Å². The molecule has 0 saturated carbocycles. The van der Waals surface area contributed by atoms with Gasteiger partial charge in [-0.25, -0.2) is 4.79 Å². The maximum Gasteiger partial charge on any atom is 0.378 e. The molecule has 1 unspecified atom stereocenters. The standard InChI is InChI=1S/C18H24O6/c1-5-8-22-18(21)15(19)11-23-17(20)10-14(4)24-16-9-12(2)6-7-13(16)3/h6-7,9,14H,5,8,10-11H2,1-4H3. The Kier molecular flexibility index (Phi) is 7.95. The average Bonchev–Trinajstić information content (AvgIpc) is 2.53. The van der Waals surface area contributed by atoms with Gasteiger partial charge in [-0.1, -0.05) is 19.1 Å². The molecule has 0 aliphatic rings. The first-order chi connectivity index (χ1) is 11.3. The van der Waals surface area contributed by atoms with Crippen molar-refractivity contribution in [3.63, 3.8) is 0 Å². The molecule has 132 valence electrons. The lowest BCUT2D eigenvalue weighted by molar-refractivity contribution is -0.159. The third-order valence-corrected chi connectivity index (χ3v) is 3.16. The van der Waals surface area contributed by atoms with Crippen LogP contribution in [-0.4, -0.2) is 37.0 Å². The SMILES string of the molecule is CCCOC(=O)C(=O)COC(=O)CC(C)Oc1cc(C)ccc1C. The Hall–Kier alpha value is -2.37. The fourth-order valence-corrected chi connectivity index (χ4v) is 1.87. The normalized spacial score (nSPS) is 11.5. The number of ketones is 1. The summed E-state index contributed by atoms with van der Waals surface area (Å²) in [4.78, 5) is 34.4. The van der Waals surface area contributed by atoms with Crippen LogP contribution in [-0.2, 0) is 23.9 Å². The second-order valence-electron chi connectivity index (χ2n) is 5.62. The van der Waals surface area contributed by atoms with Gasteiger partial charge in [-0.2, -0.15) is 0 Å². The summed E-state index contributed by atoms with van der Waals surface area (Å²) < 4.78 is 15.2. The van der Waals surface area contributed by atoms with Gasteiger partial charge in [-0.3, -0.25) is 9.59 Å². The molecule has 0 aliphatic carbocycles. The molecule has 6 heteroatoms. The van der Waals surface area contributed by atoms with Crippen LogP contribution in [0.15, 0.2) is 18.2 Å². The molecule has 0 spiro atoms. The fraction of sp³-hybridized carbons (Fsp3) is 0.500. The van der Waals surface area contributed by atoms with Crippen LogP contribution in [0.25, 0.3) is 0 Å². The molecule has 0 saturated heterocycles. The van der Waals surface area contributed by atoms with E-state index in [1.165, 1.54) is 0 Å². The van der Waals surface area contributed by atoms with Gasteiger partial charge in [0.25, 0.3) is 5.78 Å². The lowest BCUT2D eigenvalue weighted by Crippen LogP contribution is -2.26. The number of hydrogen-bond acceptors (Lipinski definition) is 6. The molecule has 0 heterocycles. The van der Waals surface area contributed by atoms with Crippen molar-refractivity contribution < 1.29 is 28.6 Å². The van der Waals surface area contributed by atoms with Crippen LogP contribution in [0.5, 0.6) is 5.75 Å². The van der Waals surface area contributed by atoms with Crippen molar-refractivity contribution in [1.82, 2.24) is 0 Å². The van der Waals surface area contributed by atoms with Crippen molar-refractivity contribution in [2.75, 3.05) is 13.2 Å². The summed E-state index contributed by atoms with van der Waals surface area (Å²) in [6, 6.07) is 5.81. The molecule has 0 bridgehead atoms. The van der Waals surface area contributed by atoms with Crippen molar-refractivity contribution in [3.8, 4) is 5.75 Å². The highest BCUT2D eigenvalue weighted by molar-refractivity contribution is 6.34. The first-order valence-electron chi connectivity index (χ1n) is 7.93. The average molecular weight is 336 g/mol. The van der Waals surface area contributed by atoms with Gasteiger partial charge in [-0.15, -0.1) is 0 Å². The minimum Gasteiger partial charge on any atom is -0.490 e. The van der Waals surface area contributed by atoms with Crippen LogP contribution < -0.4 is 4.74 Å². The zero-order valence-electron chi connectivity index (χ0n) is 14.6. The van der Waals surface area contributed by atoms with Gasteiger partial charge in [0.1, 0.15) is 11.9 Å². The molecule has 1 rings (SSSR count). The number of Topliss-reactive ketones (excluding diaryl/α,β-unsaturated/α-hetero) is 1. The van der Waals surface area contributed by atoms with Crippen LogP contribution >= 0.6 is 0 Å². The second kappa shape index (κ2) is 9.70. The molecule has 0 N–H and O–H groups in total. The van der Waals surface area contributed by atoms with E-state index in [2.05, 4.69) is 4.74 Å². The van der Waals surface area contributed by atoms with Gasteiger partial charge in [-0.05, 0) is 44.4 Å². The zero-order valence-corrected chi connectivity index (χ0v) is 14.6. The molecule has 6 nitrogen and oxygen atoms in total. The van der Waals surface area contributed by atoms with E-state index in [0.29, 0.717) is 12.2 Å². The summed E-state index contributed by atoms with van der Waals surface area (Å²) in [7, 11) is 0. The molecule has 0 aromatic heterocycles. The Morgan fingerprint density at radius 2 is 1.83 bits per heavy atom. The summed E-state index contributed by atoms with van der Waals surface area (Å²) in [6.45, 7) is 6.97. The number of aryl methyl sites for hydroxylation is 2. The van der Waals surface area contributed by atoms with Crippen LogP contribution in [0.1, 0.15) is 37.8 Å². The summed E-state index contributed by atoms with van der Waals surface area (Å²) >= 11 is 0. The highest BCUT2D eigenvalue weighted by Gasteiger charge is 2.19. The number of carbonyl (C=O) groups is 3. The number of benzene rings is 1. The highest BCUT2D eigenvalue weighted by atomic mass is 16.6. The van der Waals surface area contributed by atoms with Crippen molar-refractivity contribution in [2.24, 2.45) is 0 Å². The molecule has 1 aromatic carbocycles. The van der Waals surface area contributed by atoms with E-state index in [4.69, 9.17) is 9.47 Å². The molecule has 0 aliphatic heterocycles. The Morgan fingerprint density at radius 1 is 1.12 bits per heavy atom. The third kappa shape index (κ3) is 6.81. The number of esters is 2. The number of rotatable bonds is 9. The third-order valence-electron chi connectivity index (χ3n) is 3.16. The molecular formula is C18H24O6. The summed E-state index contributed by atoms with van der Waals surface area (Å²) in [5.41, 5.74) is 2.02. The van der Waals surface area contributed by atoms with E-state index in [0.717, 1.165) is 11.1 Å². The summed E-state index contributed by atoms with van der Waals surface area (Å²) in [5, 5.41) is 0. The van der Waals surface area contributed by atoms with Gasteiger partial charge in [0.05, 0.1) is 13.0 Å². The molecule has 0 amide bonds. The van der Waals surface area contributed by atoms with Crippen molar-refractivity contribution >= 4 is 17.7 Å². The first kappa shape index (κ1) is 19.7. The molecule has 0 fully saturated rings. The largest absolute Gasteiger partial charge is 0.490 e. The molecule has 1 aromatic rings. The predicted octanol–water partition coefficient (Wildman–Crippen LogP) is 2.53. The minimum absolute atomic E-state index is 0.0231. The maximum absolute atomic E-state index is 11.7. The molecule has 0 radical (unpaired) electrons. The van der Waals surface area contributed by atoms with Gasteiger partial charge in [0, 0.05) is 0 Å². The lowest BCUT2D eigenvalue weighted by atomic mass is 10.1. The number of ether oxygens (including phenoxy) is 3. The first-order valence-corrected chi connectivity index (χ1v) is 7.93. The number of hydrogen-bond donors (Lipinski definition) is 0. The zero-order chi connectivity index (χ0) is 18.1. The summed E-state index contributed by atoms with van der Waals surface area (Å²) in [6.07, 6.45) is 0.177. The van der Waals surface area contributed by atoms with Gasteiger partial charge in [0.15, 0.2) is 6.61 Å². The van der Waals surface area contributed by atoms with E-state index >= 15 is 0 Å². The lowest BCUT2D eigenvalue weighted by Gasteiger charge is -2.16. The molecule has 1 atom stereocenters. The smallest absolute Gasteiger partial charge is 0.378 e. The van der Waals surface area contributed by atoms with E-state index in [9.17, 15) is 14.4 Å². The molecule has 24 heavy (non-hydrogen) atoms. The van der Waals surface area contributed by atoms with Crippen molar-refractivity contribution in [1.29, 1.82) is 0 Å². The monoisotopic (exact) mass is 336 g/mol. The molecular weight excluding hydrogens is 312 g/mol. The van der Waals surface area contributed by atoms with Crippen molar-refractivity contribution in [3.05, 3.63) is 29.3 Å². The van der Waals surface area contributed by atoms with E-state index in [1.54, 1.807) is 6.92 Å². The Bertz CT molecular complexity index is 593. The van der Waals surface area contributed by atoms with Crippen LogP contribution in [0.4, 0.5) is 0 Å². The van der Waals surface area contributed by atoms with E-state index in [-0.39, 0.29) is 13.0 Å². The van der Waals surface area contributed by atoms with Gasteiger partial charge in [0.2, 0.25) is 0 Å². The quantitative estimate of drug-likeness (QED) is 0.509. The van der Waals surface area contributed by atoms with E-state index in [1.807, 2.05) is 39.0 Å². The highest BCUT2D eigenvalue weighted by Crippen LogP contribution is 2.21. The topological polar surface area (TPSA) is 78.9 Å². The number of carbonyl (C=O) groups excluding carboxylic acids is 3. The Morgan fingerprint density at radius 3 is 2.50 bits per heavy atom. The Balaban J connectivity index is 2.40. The van der Waals surface area contributed by atoms with Crippen molar-refractivity contribution in [2.45, 2.75) is 46.6 Å². The van der Waals surface area contributed by atoms with Gasteiger partial charge < -0.3 is 14.2 Å². The van der Waals surface area contributed by atoms with E-state index < -0.39 is 30.4 Å². The maximum atomic E-state index is 11.7. The van der Waals surface area contributed by atoms with Crippen LogP contribution in [0.2, 0.25) is 0 Å².